The van der Waals surface area contributed by atoms with Crippen LogP contribution in [0.3, 0.4) is 0 Å². The number of aromatic amines is 1. The SMILES string of the molecule is O=c1ccc2cc(-c3ccncc3)c(-c3ccncc3)nc2[nH]1. The highest BCUT2D eigenvalue weighted by molar-refractivity contribution is 5.89. The molecular weight excluding hydrogens is 288 g/mol. The second-order valence-corrected chi connectivity index (χ2v) is 5.12. The zero-order chi connectivity index (χ0) is 15.6. The standard InChI is InChI=1S/C18H12N4O/c23-16-2-1-14-11-15(12-3-7-19-8-4-12)17(22-18(14)21-16)13-5-9-20-10-6-13/h1-11H,(H,21,22,23). The maximum atomic E-state index is 11.6. The predicted molar refractivity (Wildman–Crippen MR) is 88.8 cm³/mol. The van der Waals surface area contributed by atoms with Crippen LogP contribution in [0.15, 0.2) is 72.0 Å². The van der Waals surface area contributed by atoms with Gasteiger partial charge in [0.1, 0.15) is 5.65 Å². The monoisotopic (exact) mass is 300 g/mol. The van der Waals surface area contributed by atoms with Crippen molar-refractivity contribution in [1.29, 1.82) is 0 Å². The highest BCUT2D eigenvalue weighted by atomic mass is 16.1. The summed E-state index contributed by atoms with van der Waals surface area (Å²) in [5.41, 5.74) is 4.15. The summed E-state index contributed by atoms with van der Waals surface area (Å²) in [5, 5.41) is 0.884. The molecule has 23 heavy (non-hydrogen) atoms. The molecule has 0 radical (unpaired) electrons. The van der Waals surface area contributed by atoms with E-state index in [1.165, 1.54) is 6.07 Å². The highest BCUT2D eigenvalue weighted by Crippen LogP contribution is 2.32. The summed E-state index contributed by atoms with van der Waals surface area (Å²) < 4.78 is 0. The molecule has 0 bridgehead atoms. The van der Waals surface area contributed by atoms with E-state index in [4.69, 9.17) is 0 Å². The van der Waals surface area contributed by atoms with Crippen LogP contribution in [-0.2, 0) is 0 Å². The van der Waals surface area contributed by atoms with E-state index in [2.05, 4.69) is 19.9 Å². The molecular formula is C18H12N4O. The molecule has 0 amide bonds. The largest absolute Gasteiger partial charge is 0.307 e. The van der Waals surface area contributed by atoms with Gasteiger partial charge in [-0.25, -0.2) is 4.98 Å². The summed E-state index contributed by atoms with van der Waals surface area (Å²) in [6, 6.07) is 13.0. The molecule has 0 saturated heterocycles. The van der Waals surface area contributed by atoms with Gasteiger partial charge in [-0.1, -0.05) is 0 Å². The van der Waals surface area contributed by atoms with Crippen molar-refractivity contribution in [1.82, 2.24) is 19.9 Å². The smallest absolute Gasteiger partial charge is 0.249 e. The van der Waals surface area contributed by atoms with E-state index in [9.17, 15) is 4.79 Å². The van der Waals surface area contributed by atoms with Gasteiger partial charge in [0.25, 0.3) is 0 Å². The van der Waals surface area contributed by atoms with Crippen LogP contribution in [0.5, 0.6) is 0 Å². The molecule has 0 fully saturated rings. The van der Waals surface area contributed by atoms with Gasteiger partial charge >= 0.3 is 0 Å². The molecule has 0 aliphatic rings. The molecule has 0 aliphatic carbocycles. The third-order valence-electron chi connectivity index (χ3n) is 3.65. The van der Waals surface area contributed by atoms with E-state index >= 15 is 0 Å². The molecule has 0 saturated carbocycles. The van der Waals surface area contributed by atoms with E-state index in [-0.39, 0.29) is 5.56 Å². The Bertz CT molecular complexity index is 1030. The normalized spacial score (nSPS) is 10.8. The third kappa shape index (κ3) is 2.48. The van der Waals surface area contributed by atoms with Gasteiger partial charge in [-0.2, -0.15) is 0 Å². The van der Waals surface area contributed by atoms with Crippen LogP contribution in [0.2, 0.25) is 0 Å². The number of hydrogen-bond donors (Lipinski definition) is 1. The highest BCUT2D eigenvalue weighted by Gasteiger charge is 2.11. The van der Waals surface area contributed by atoms with Gasteiger partial charge in [-0.15, -0.1) is 0 Å². The fraction of sp³-hybridized carbons (Fsp3) is 0. The van der Waals surface area contributed by atoms with E-state index in [0.29, 0.717) is 5.65 Å². The van der Waals surface area contributed by atoms with Gasteiger partial charge < -0.3 is 4.98 Å². The second kappa shape index (κ2) is 5.46. The number of pyridine rings is 4. The molecule has 1 N–H and O–H groups in total. The molecule has 0 atom stereocenters. The maximum Gasteiger partial charge on any atom is 0.249 e. The number of hydrogen-bond acceptors (Lipinski definition) is 4. The third-order valence-corrected chi connectivity index (χ3v) is 3.65. The molecule has 0 spiro atoms. The van der Waals surface area contributed by atoms with Gasteiger partial charge in [0.15, 0.2) is 0 Å². The summed E-state index contributed by atoms with van der Waals surface area (Å²) in [6.45, 7) is 0. The molecule has 5 nitrogen and oxygen atoms in total. The molecule has 4 heterocycles. The lowest BCUT2D eigenvalue weighted by Crippen LogP contribution is -2.04. The number of rotatable bonds is 2. The topological polar surface area (TPSA) is 71.5 Å². The molecule has 5 heteroatoms. The van der Waals surface area contributed by atoms with Crippen molar-refractivity contribution in [3.63, 3.8) is 0 Å². The molecule has 4 aromatic rings. The lowest BCUT2D eigenvalue weighted by molar-refractivity contribution is 1.23. The molecule has 4 rings (SSSR count). The molecule has 0 aromatic carbocycles. The van der Waals surface area contributed by atoms with Crippen LogP contribution >= 0.6 is 0 Å². The molecule has 110 valence electrons. The average Bonchev–Trinajstić information content (AvgIpc) is 2.62. The Hall–Kier alpha value is -3.34. The second-order valence-electron chi connectivity index (χ2n) is 5.12. The fourth-order valence-electron chi connectivity index (χ4n) is 2.56. The number of aromatic nitrogens is 4. The predicted octanol–water partition coefficient (Wildman–Crippen LogP) is 3.05. The van der Waals surface area contributed by atoms with Crippen molar-refractivity contribution >= 4 is 11.0 Å². The summed E-state index contributed by atoms with van der Waals surface area (Å²) in [7, 11) is 0. The van der Waals surface area contributed by atoms with Crippen LogP contribution in [0, 0.1) is 0 Å². The van der Waals surface area contributed by atoms with Crippen molar-refractivity contribution in [2.24, 2.45) is 0 Å². The quantitative estimate of drug-likeness (QED) is 0.617. The zero-order valence-electron chi connectivity index (χ0n) is 12.1. The Morgan fingerprint density at radius 1 is 0.783 bits per heavy atom. The Labute approximate surface area is 131 Å². The average molecular weight is 300 g/mol. The summed E-state index contributed by atoms with van der Waals surface area (Å²) in [5.74, 6) is 0. The number of nitrogens with zero attached hydrogens (tertiary/aromatic N) is 3. The van der Waals surface area contributed by atoms with Crippen LogP contribution in [0.4, 0.5) is 0 Å². The van der Waals surface area contributed by atoms with Crippen molar-refractivity contribution in [2.45, 2.75) is 0 Å². The number of fused-ring (bicyclic) bond motifs is 1. The van der Waals surface area contributed by atoms with E-state index in [1.807, 2.05) is 30.3 Å². The minimum Gasteiger partial charge on any atom is -0.307 e. The number of nitrogens with one attached hydrogen (secondary N) is 1. The Morgan fingerprint density at radius 2 is 1.43 bits per heavy atom. The Kier molecular flexibility index (Phi) is 3.16. The Morgan fingerprint density at radius 3 is 2.13 bits per heavy atom. The van der Waals surface area contributed by atoms with E-state index in [1.54, 1.807) is 30.9 Å². The first-order valence-corrected chi connectivity index (χ1v) is 7.16. The molecule has 4 aromatic heterocycles. The van der Waals surface area contributed by atoms with Crippen LogP contribution in [0.25, 0.3) is 33.4 Å². The Balaban J connectivity index is 2.06. The fourth-order valence-corrected chi connectivity index (χ4v) is 2.56. The van der Waals surface area contributed by atoms with Gasteiger partial charge in [0.05, 0.1) is 5.69 Å². The van der Waals surface area contributed by atoms with Gasteiger partial charge in [0, 0.05) is 47.4 Å². The number of H-pyrrole nitrogens is 1. The summed E-state index contributed by atoms with van der Waals surface area (Å²) in [4.78, 5) is 27.2. The first kappa shape index (κ1) is 13.3. The lowest BCUT2D eigenvalue weighted by atomic mass is 9.99. The van der Waals surface area contributed by atoms with Gasteiger partial charge in [-0.05, 0) is 42.0 Å². The summed E-state index contributed by atoms with van der Waals surface area (Å²) in [6.07, 6.45) is 6.96. The van der Waals surface area contributed by atoms with Gasteiger partial charge in [-0.3, -0.25) is 14.8 Å². The maximum absolute atomic E-state index is 11.6. The minimum absolute atomic E-state index is 0.165. The molecule has 0 unspecified atom stereocenters. The van der Waals surface area contributed by atoms with Gasteiger partial charge in [0.2, 0.25) is 5.56 Å². The van der Waals surface area contributed by atoms with E-state index in [0.717, 1.165) is 27.8 Å². The minimum atomic E-state index is -0.165. The van der Waals surface area contributed by atoms with Crippen molar-refractivity contribution in [2.75, 3.05) is 0 Å². The van der Waals surface area contributed by atoms with Crippen LogP contribution in [0.1, 0.15) is 0 Å². The first-order valence-electron chi connectivity index (χ1n) is 7.16. The first-order chi connectivity index (χ1) is 11.3. The zero-order valence-corrected chi connectivity index (χ0v) is 12.1. The van der Waals surface area contributed by atoms with E-state index < -0.39 is 0 Å². The van der Waals surface area contributed by atoms with Crippen LogP contribution in [-0.4, -0.2) is 19.9 Å². The van der Waals surface area contributed by atoms with Crippen molar-refractivity contribution in [3.8, 4) is 22.4 Å². The van der Waals surface area contributed by atoms with Crippen LogP contribution < -0.4 is 5.56 Å². The molecule has 0 aliphatic heterocycles. The van der Waals surface area contributed by atoms with Crippen molar-refractivity contribution in [3.05, 3.63) is 77.6 Å². The summed E-state index contributed by atoms with van der Waals surface area (Å²) >= 11 is 0. The van der Waals surface area contributed by atoms with Crippen molar-refractivity contribution < 1.29 is 0 Å². The lowest BCUT2D eigenvalue weighted by Gasteiger charge is -2.11.